The third kappa shape index (κ3) is 1.69. The molecule has 0 aliphatic carbocycles. The highest BCUT2D eigenvalue weighted by Gasteiger charge is 2.32. The average molecular weight is 223 g/mol. The summed E-state index contributed by atoms with van der Waals surface area (Å²) in [7, 11) is 3.73. The quantitative estimate of drug-likeness (QED) is 0.575. The Bertz CT molecular complexity index is 442. The smallest absolute Gasteiger partial charge is 0.339 e. The molecule has 2 rings (SSSR count). The van der Waals surface area contributed by atoms with Crippen molar-refractivity contribution in [2.75, 3.05) is 20.6 Å². The maximum absolute atomic E-state index is 11.5. The number of likely N-dealkylation sites (N-methyl/N-ethyl adjacent to an activating group) is 1. The summed E-state index contributed by atoms with van der Waals surface area (Å²) in [4.78, 5) is 13.4. The summed E-state index contributed by atoms with van der Waals surface area (Å²) in [5.41, 5.74) is 0.941. The lowest BCUT2D eigenvalue weighted by atomic mass is 10.0. The number of aromatic hydroxyl groups is 2. The van der Waals surface area contributed by atoms with Crippen LogP contribution in [-0.4, -0.2) is 41.7 Å². The number of hydrogen-bond acceptors (Lipinski definition) is 5. The molecule has 1 aromatic carbocycles. The molecule has 0 bridgehead atoms. The zero-order chi connectivity index (χ0) is 11.9. The molecule has 0 radical (unpaired) electrons. The molecule has 1 heterocycles. The first-order valence-corrected chi connectivity index (χ1v) is 4.90. The molecule has 16 heavy (non-hydrogen) atoms. The monoisotopic (exact) mass is 223 g/mol. The van der Waals surface area contributed by atoms with E-state index >= 15 is 0 Å². The van der Waals surface area contributed by atoms with Crippen molar-refractivity contribution in [1.82, 2.24) is 4.90 Å². The zero-order valence-electron chi connectivity index (χ0n) is 9.10. The number of hydrogen-bond donors (Lipinski definition) is 2. The lowest BCUT2D eigenvalue weighted by Gasteiger charge is -2.16. The lowest BCUT2D eigenvalue weighted by Crippen LogP contribution is -2.20. The number of fused-ring (bicyclic) bond motifs is 1. The van der Waals surface area contributed by atoms with Crippen molar-refractivity contribution < 1.29 is 19.7 Å². The second-order valence-corrected chi connectivity index (χ2v) is 4.08. The number of rotatable bonds is 2. The number of ether oxygens (including phenoxy) is 1. The van der Waals surface area contributed by atoms with Crippen molar-refractivity contribution in [3.05, 3.63) is 23.3 Å². The van der Waals surface area contributed by atoms with Gasteiger partial charge in [-0.05, 0) is 26.2 Å². The van der Waals surface area contributed by atoms with Crippen molar-refractivity contribution in [1.29, 1.82) is 0 Å². The molecule has 0 aromatic heterocycles. The molecule has 86 valence electrons. The number of carbonyl (C=O) groups is 1. The first-order chi connectivity index (χ1) is 7.49. The third-order valence-corrected chi connectivity index (χ3v) is 2.49. The van der Waals surface area contributed by atoms with Gasteiger partial charge in [-0.15, -0.1) is 0 Å². The Morgan fingerprint density at radius 3 is 2.56 bits per heavy atom. The summed E-state index contributed by atoms with van der Waals surface area (Å²) in [6, 6.07) is 2.62. The Balaban J connectivity index is 2.41. The van der Waals surface area contributed by atoms with Crippen LogP contribution in [0.15, 0.2) is 12.1 Å². The van der Waals surface area contributed by atoms with Gasteiger partial charge in [0.2, 0.25) is 0 Å². The molecule has 1 aliphatic heterocycles. The summed E-state index contributed by atoms with van der Waals surface area (Å²) in [5, 5.41) is 18.7. The second-order valence-electron chi connectivity index (χ2n) is 4.08. The van der Waals surface area contributed by atoms with E-state index in [0.29, 0.717) is 17.7 Å². The van der Waals surface area contributed by atoms with Gasteiger partial charge in [-0.1, -0.05) is 0 Å². The third-order valence-electron chi connectivity index (χ3n) is 2.49. The van der Waals surface area contributed by atoms with Crippen LogP contribution in [-0.2, 0) is 4.74 Å². The highest BCUT2D eigenvalue weighted by molar-refractivity contribution is 5.95. The Morgan fingerprint density at radius 1 is 1.31 bits per heavy atom. The molecule has 0 spiro atoms. The van der Waals surface area contributed by atoms with Crippen LogP contribution in [0.25, 0.3) is 0 Å². The van der Waals surface area contributed by atoms with Gasteiger partial charge in [-0.3, -0.25) is 0 Å². The number of benzene rings is 1. The highest BCUT2D eigenvalue weighted by atomic mass is 16.5. The summed E-state index contributed by atoms with van der Waals surface area (Å²) >= 11 is 0. The van der Waals surface area contributed by atoms with E-state index in [1.54, 1.807) is 0 Å². The minimum atomic E-state index is -0.461. The Kier molecular flexibility index (Phi) is 2.47. The topological polar surface area (TPSA) is 70.0 Å². The molecular weight excluding hydrogens is 210 g/mol. The number of nitrogens with zero attached hydrogens (tertiary/aromatic N) is 1. The Morgan fingerprint density at radius 2 is 1.94 bits per heavy atom. The predicted molar refractivity (Wildman–Crippen MR) is 56.5 cm³/mol. The van der Waals surface area contributed by atoms with Gasteiger partial charge in [-0.2, -0.15) is 0 Å². The molecule has 1 aromatic rings. The van der Waals surface area contributed by atoms with E-state index in [-0.39, 0.29) is 17.6 Å². The summed E-state index contributed by atoms with van der Waals surface area (Å²) in [5.74, 6) is -1.00. The van der Waals surface area contributed by atoms with Crippen LogP contribution >= 0.6 is 0 Å². The van der Waals surface area contributed by atoms with E-state index in [2.05, 4.69) is 0 Å². The van der Waals surface area contributed by atoms with Crippen molar-refractivity contribution in [2.45, 2.75) is 6.10 Å². The molecule has 1 atom stereocenters. The predicted octanol–water partition coefficient (Wildman–Crippen LogP) is 0.871. The number of phenolic OH excluding ortho intramolecular Hbond substituents is 2. The summed E-state index contributed by atoms with van der Waals surface area (Å²) in [6.45, 7) is 0.545. The van der Waals surface area contributed by atoms with Crippen molar-refractivity contribution >= 4 is 5.97 Å². The van der Waals surface area contributed by atoms with Gasteiger partial charge in [0.25, 0.3) is 0 Å². The van der Waals surface area contributed by atoms with Gasteiger partial charge < -0.3 is 19.8 Å². The largest absolute Gasteiger partial charge is 0.504 e. The Hall–Kier alpha value is -1.75. The molecule has 5 nitrogen and oxygen atoms in total. The fourth-order valence-corrected chi connectivity index (χ4v) is 1.76. The van der Waals surface area contributed by atoms with E-state index in [1.807, 2.05) is 19.0 Å². The molecule has 1 aliphatic rings. The van der Waals surface area contributed by atoms with Crippen molar-refractivity contribution in [3.8, 4) is 11.5 Å². The van der Waals surface area contributed by atoms with Crippen LogP contribution in [0.3, 0.4) is 0 Å². The minimum Gasteiger partial charge on any atom is -0.504 e. The van der Waals surface area contributed by atoms with Crippen LogP contribution in [0.5, 0.6) is 11.5 Å². The van der Waals surface area contributed by atoms with Crippen molar-refractivity contribution in [2.24, 2.45) is 0 Å². The van der Waals surface area contributed by atoms with E-state index in [0.717, 1.165) is 0 Å². The molecular formula is C11H13NO4. The van der Waals surface area contributed by atoms with E-state index < -0.39 is 5.97 Å². The van der Waals surface area contributed by atoms with Crippen LogP contribution in [0, 0.1) is 0 Å². The summed E-state index contributed by atoms with van der Waals surface area (Å²) in [6.07, 6.45) is -0.385. The molecule has 2 N–H and O–H groups in total. The normalized spacial score (nSPS) is 18.7. The number of carbonyl (C=O) groups excluding carboxylic acids is 1. The number of phenols is 2. The van der Waals surface area contributed by atoms with E-state index in [1.165, 1.54) is 12.1 Å². The molecule has 0 fully saturated rings. The minimum absolute atomic E-state index is 0.235. The summed E-state index contributed by atoms with van der Waals surface area (Å²) < 4.78 is 5.15. The standard InChI is InChI=1S/C11H13NO4/c1-12(2)5-10-6-3-8(13)9(14)4-7(6)11(15)16-10/h3-4,10,13-14H,5H2,1-2H3/t10-/m1/s1. The van der Waals surface area contributed by atoms with Crippen LogP contribution in [0.1, 0.15) is 22.0 Å². The molecule has 0 unspecified atom stereocenters. The molecule has 0 saturated heterocycles. The maximum atomic E-state index is 11.5. The average Bonchev–Trinajstić information content (AvgIpc) is 2.44. The van der Waals surface area contributed by atoms with Gasteiger partial charge in [0, 0.05) is 12.1 Å². The van der Waals surface area contributed by atoms with Gasteiger partial charge in [0.15, 0.2) is 11.5 Å². The van der Waals surface area contributed by atoms with E-state index in [4.69, 9.17) is 4.74 Å². The van der Waals surface area contributed by atoms with Crippen LogP contribution < -0.4 is 0 Å². The second kappa shape index (κ2) is 3.68. The highest BCUT2D eigenvalue weighted by Crippen LogP contribution is 2.37. The molecule has 0 saturated carbocycles. The SMILES string of the molecule is CN(C)C[C@H]1OC(=O)c2cc(O)c(O)cc21. The van der Waals surface area contributed by atoms with Crippen molar-refractivity contribution in [3.63, 3.8) is 0 Å². The first kappa shape index (κ1) is 10.8. The molecule has 0 amide bonds. The van der Waals surface area contributed by atoms with Crippen LogP contribution in [0.2, 0.25) is 0 Å². The number of cyclic esters (lactones) is 1. The van der Waals surface area contributed by atoms with Gasteiger partial charge >= 0.3 is 5.97 Å². The first-order valence-electron chi connectivity index (χ1n) is 4.90. The molecule has 5 heteroatoms. The van der Waals surface area contributed by atoms with Gasteiger partial charge in [0.1, 0.15) is 6.10 Å². The fraction of sp³-hybridized carbons (Fsp3) is 0.364. The van der Waals surface area contributed by atoms with Gasteiger partial charge in [0.05, 0.1) is 5.56 Å². The van der Waals surface area contributed by atoms with E-state index in [9.17, 15) is 15.0 Å². The van der Waals surface area contributed by atoms with Crippen LogP contribution in [0.4, 0.5) is 0 Å². The fourth-order valence-electron chi connectivity index (χ4n) is 1.76. The zero-order valence-corrected chi connectivity index (χ0v) is 9.10. The number of esters is 1. The Labute approximate surface area is 92.9 Å². The maximum Gasteiger partial charge on any atom is 0.339 e. The van der Waals surface area contributed by atoms with Gasteiger partial charge in [-0.25, -0.2) is 4.79 Å². The lowest BCUT2D eigenvalue weighted by molar-refractivity contribution is 0.0331.